The Bertz CT molecular complexity index is 504. The van der Waals surface area contributed by atoms with Crippen LogP contribution < -0.4 is 5.32 Å². The molecular formula is C13H17BrN4. The molecule has 2 rings (SSSR count). The minimum absolute atomic E-state index is 0.769. The van der Waals surface area contributed by atoms with Gasteiger partial charge in [-0.3, -0.25) is 9.67 Å². The standard InChI is InChI=1S/C13H17BrN4/c1-3-13-10(9-18(2)17-13)6-15-8-12-5-4-11(14)7-16-12/h4-5,7,9,15H,3,6,8H2,1-2H3. The third-order valence-corrected chi connectivity index (χ3v) is 3.21. The Hall–Kier alpha value is -1.20. The average molecular weight is 309 g/mol. The van der Waals surface area contributed by atoms with Gasteiger partial charge in [-0.05, 0) is 34.5 Å². The van der Waals surface area contributed by atoms with Crippen molar-refractivity contribution >= 4 is 15.9 Å². The number of pyridine rings is 1. The number of halogens is 1. The number of hydrogen-bond donors (Lipinski definition) is 1. The normalized spacial score (nSPS) is 10.8. The highest BCUT2D eigenvalue weighted by Gasteiger charge is 2.05. The van der Waals surface area contributed by atoms with Crippen LogP contribution in [0.2, 0.25) is 0 Å². The lowest BCUT2D eigenvalue weighted by Gasteiger charge is -2.04. The number of hydrogen-bond acceptors (Lipinski definition) is 3. The van der Waals surface area contributed by atoms with Crippen molar-refractivity contribution in [1.29, 1.82) is 0 Å². The van der Waals surface area contributed by atoms with E-state index in [0.29, 0.717) is 0 Å². The van der Waals surface area contributed by atoms with E-state index in [1.807, 2.05) is 30.1 Å². The van der Waals surface area contributed by atoms with Crippen LogP contribution in [0.1, 0.15) is 23.9 Å². The predicted molar refractivity (Wildman–Crippen MR) is 75.1 cm³/mol. The summed E-state index contributed by atoms with van der Waals surface area (Å²) in [5, 5.41) is 7.82. The molecule has 0 fully saturated rings. The second kappa shape index (κ2) is 6.11. The van der Waals surface area contributed by atoms with Gasteiger partial charge in [0.25, 0.3) is 0 Å². The summed E-state index contributed by atoms with van der Waals surface area (Å²) >= 11 is 3.38. The Morgan fingerprint density at radius 1 is 1.33 bits per heavy atom. The minimum atomic E-state index is 0.769. The van der Waals surface area contributed by atoms with Crippen molar-refractivity contribution in [2.24, 2.45) is 7.05 Å². The van der Waals surface area contributed by atoms with Gasteiger partial charge in [0.15, 0.2) is 0 Å². The molecule has 0 aliphatic carbocycles. The average Bonchev–Trinajstić information content (AvgIpc) is 2.72. The molecule has 1 N–H and O–H groups in total. The van der Waals surface area contributed by atoms with Crippen molar-refractivity contribution in [1.82, 2.24) is 20.1 Å². The highest BCUT2D eigenvalue weighted by atomic mass is 79.9. The number of aromatic nitrogens is 3. The van der Waals surface area contributed by atoms with E-state index < -0.39 is 0 Å². The lowest BCUT2D eigenvalue weighted by Crippen LogP contribution is -2.14. The first-order valence-electron chi connectivity index (χ1n) is 6.01. The Morgan fingerprint density at radius 2 is 2.17 bits per heavy atom. The molecule has 2 aromatic heterocycles. The van der Waals surface area contributed by atoms with E-state index in [9.17, 15) is 0 Å². The smallest absolute Gasteiger partial charge is 0.0666 e. The van der Waals surface area contributed by atoms with E-state index in [1.165, 1.54) is 5.56 Å². The molecule has 0 atom stereocenters. The van der Waals surface area contributed by atoms with Crippen molar-refractivity contribution in [3.63, 3.8) is 0 Å². The number of aryl methyl sites for hydroxylation is 2. The maximum Gasteiger partial charge on any atom is 0.0666 e. The van der Waals surface area contributed by atoms with Crippen molar-refractivity contribution < 1.29 is 0 Å². The fraction of sp³-hybridized carbons (Fsp3) is 0.385. The maximum absolute atomic E-state index is 4.42. The van der Waals surface area contributed by atoms with Gasteiger partial charge in [-0.1, -0.05) is 6.92 Å². The first-order chi connectivity index (χ1) is 8.69. The monoisotopic (exact) mass is 308 g/mol. The van der Waals surface area contributed by atoms with Crippen LogP contribution in [0.5, 0.6) is 0 Å². The molecule has 0 aromatic carbocycles. The summed E-state index contributed by atoms with van der Waals surface area (Å²) in [4.78, 5) is 4.33. The molecule has 0 saturated carbocycles. The second-order valence-corrected chi connectivity index (χ2v) is 5.12. The fourth-order valence-electron chi connectivity index (χ4n) is 1.87. The van der Waals surface area contributed by atoms with Crippen LogP contribution in [0.4, 0.5) is 0 Å². The number of nitrogens with one attached hydrogen (secondary N) is 1. The summed E-state index contributed by atoms with van der Waals surface area (Å²) in [6.07, 6.45) is 4.85. The van der Waals surface area contributed by atoms with E-state index in [4.69, 9.17) is 0 Å². The molecule has 2 aromatic rings. The van der Waals surface area contributed by atoms with E-state index in [1.54, 1.807) is 0 Å². The predicted octanol–water partition coefficient (Wildman–Crippen LogP) is 2.43. The van der Waals surface area contributed by atoms with Gasteiger partial charge in [-0.2, -0.15) is 5.10 Å². The molecule has 0 amide bonds. The first-order valence-corrected chi connectivity index (χ1v) is 6.81. The van der Waals surface area contributed by atoms with Crippen molar-refractivity contribution in [2.75, 3.05) is 0 Å². The molecule has 2 heterocycles. The molecule has 0 saturated heterocycles. The van der Waals surface area contributed by atoms with Crippen molar-refractivity contribution in [2.45, 2.75) is 26.4 Å². The van der Waals surface area contributed by atoms with Gasteiger partial charge in [0.05, 0.1) is 11.4 Å². The molecule has 0 unspecified atom stereocenters. The molecule has 4 nitrogen and oxygen atoms in total. The Labute approximate surface area is 116 Å². The summed E-state index contributed by atoms with van der Waals surface area (Å²) < 4.78 is 2.88. The van der Waals surface area contributed by atoms with Crippen LogP contribution in [0.15, 0.2) is 29.0 Å². The molecule has 0 spiro atoms. The third kappa shape index (κ3) is 3.40. The van der Waals surface area contributed by atoms with Gasteiger partial charge in [0.2, 0.25) is 0 Å². The van der Waals surface area contributed by atoms with Gasteiger partial charge < -0.3 is 5.32 Å². The Balaban J connectivity index is 1.90. The molecule has 18 heavy (non-hydrogen) atoms. The largest absolute Gasteiger partial charge is 0.307 e. The lowest BCUT2D eigenvalue weighted by molar-refractivity contribution is 0.675. The quantitative estimate of drug-likeness (QED) is 0.922. The zero-order valence-electron chi connectivity index (χ0n) is 10.7. The van der Waals surface area contributed by atoms with Crippen LogP contribution >= 0.6 is 15.9 Å². The van der Waals surface area contributed by atoms with E-state index in [2.05, 4.69) is 44.4 Å². The summed E-state index contributed by atoms with van der Waals surface area (Å²) in [7, 11) is 1.96. The fourth-order valence-corrected chi connectivity index (χ4v) is 2.10. The summed E-state index contributed by atoms with van der Waals surface area (Å²) in [5.41, 5.74) is 3.46. The minimum Gasteiger partial charge on any atom is -0.307 e. The second-order valence-electron chi connectivity index (χ2n) is 4.20. The zero-order chi connectivity index (χ0) is 13.0. The van der Waals surface area contributed by atoms with E-state index >= 15 is 0 Å². The highest BCUT2D eigenvalue weighted by Crippen LogP contribution is 2.09. The van der Waals surface area contributed by atoms with Gasteiger partial charge in [0, 0.05) is 42.6 Å². The Kier molecular flexibility index (Phi) is 4.49. The molecule has 5 heteroatoms. The molecule has 0 aliphatic heterocycles. The topological polar surface area (TPSA) is 42.7 Å². The molecule has 0 aliphatic rings. The highest BCUT2D eigenvalue weighted by molar-refractivity contribution is 9.10. The van der Waals surface area contributed by atoms with Gasteiger partial charge >= 0.3 is 0 Å². The van der Waals surface area contributed by atoms with E-state index in [0.717, 1.165) is 35.4 Å². The summed E-state index contributed by atoms with van der Waals surface area (Å²) in [6, 6.07) is 4.02. The summed E-state index contributed by atoms with van der Waals surface area (Å²) in [6.45, 7) is 3.72. The van der Waals surface area contributed by atoms with Gasteiger partial charge in [-0.25, -0.2) is 0 Å². The van der Waals surface area contributed by atoms with E-state index in [-0.39, 0.29) is 0 Å². The molecular weight excluding hydrogens is 292 g/mol. The van der Waals surface area contributed by atoms with Crippen molar-refractivity contribution in [3.8, 4) is 0 Å². The zero-order valence-corrected chi connectivity index (χ0v) is 12.2. The molecule has 96 valence electrons. The van der Waals surface area contributed by atoms with Crippen LogP contribution in [0.25, 0.3) is 0 Å². The number of rotatable bonds is 5. The molecule has 0 radical (unpaired) electrons. The van der Waals surface area contributed by atoms with Crippen LogP contribution in [0, 0.1) is 0 Å². The molecule has 0 bridgehead atoms. The lowest BCUT2D eigenvalue weighted by atomic mass is 10.2. The summed E-state index contributed by atoms with van der Waals surface area (Å²) in [5.74, 6) is 0. The van der Waals surface area contributed by atoms with Gasteiger partial charge in [-0.15, -0.1) is 0 Å². The van der Waals surface area contributed by atoms with Crippen molar-refractivity contribution in [3.05, 3.63) is 46.0 Å². The van der Waals surface area contributed by atoms with Crippen LogP contribution in [-0.2, 0) is 26.6 Å². The van der Waals surface area contributed by atoms with Crippen LogP contribution in [-0.4, -0.2) is 14.8 Å². The van der Waals surface area contributed by atoms with Crippen LogP contribution in [0.3, 0.4) is 0 Å². The maximum atomic E-state index is 4.42. The number of nitrogens with zero attached hydrogens (tertiary/aromatic N) is 3. The SMILES string of the molecule is CCc1nn(C)cc1CNCc1ccc(Br)cn1. The van der Waals surface area contributed by atoms with Gasteiger partial charge in [0.1, 0.15) is 0 Å². The Morgan fingerprint density at radius 3 is 2.83 bits per heavy atom. The first kappa shape index (κ1) is 13.2. The third-order valence-electron chi connectivity index (χ3n) is 2.74.